The molecule has 5 heteroatoms. The van der Waals surface area contributed by atoms with Gasteiger partial charge in [0.05, 0.1) is 6.54 Å². The molecule has 0 saturated heterocycles. The molecule has 0 fully saturated rings. The van der Waals surface area contributed by atoms with Crippen LogP contribution in [-0.2, 0) is 11.2 Å². The highest BCUT2D eigenvalue weighted by Gasteiger charge is 2.10. The average Bonchev–Trinajstić information content (AvgIpc) is 2.75. The summed E-state index contributed by atoms with van der Waals surface area (Å²) in [5.74, 6) is -0.296. The fraction of sp³-hybridized carbons (Fsp3) is 0.167. The zero-order chi connectivity index (χ0) is 20.6. The summed E-state index contributed by atoms with van der Waals surface area (Å²) in [6.07, 6.45) is 0.919. The van der Waals surface area contributed by atoms with E-state index in [0.29, 0.717) is 11.3 Å². The van der Waals surface area contributed by atoms with Crippen molar-refractivity contribution in [1.29, 1.82) is 0 Å². The van der Waals surface area contributed by atoms with Crippen LogP contribution >= 0.6 is 0 Å². The first-order chi connectivity index (χ1) is 14.1. The lowest BCUT2D eigenvalue weighted by atomic mass is 10.1. The van der Waals surface area contributed by atoms with E-state index >= 15 is 0 Å². The van der Waals surface area contributed by atoms with Gasteiger partial charge in [0.15, 0.2) is 0 Å². The minimum absolute atomic E-state index is 0.128. The molecule has 5 nitrogen and oxygen atoms in total. The quantitative estimate of drug-likeness (QED) is 0.542. The summed E-state index contributed by atoms with van der Waals surface area (Å²) < 4.78 is 0. The number of rotatable bonds is 7. The molecule has 0 spiro atoms. The highest BCUT2D eigenvalue weighted by atomic mass is 16.2. The number of amides is 2. The second-order valence-corrected chi connectivity index (χ2v) is 6.75. The maximum atomic E-state index is 12.4. The summed E-state index contributed by atoms with van der Waals surface area (Å²) in [7, 11) is 0. The monoisotopic (exact) mass is 387 g/mol. The van der Waals surface area contributed by atoms with Gasteiger partial charge in [-0.25, -0.2) is 0 Å². The van der Waals surface area contributed by atoms with Crippen molar-refractivity contribution in [2.45, 2.75) is 20.3 Å². The maximum Gasteiger partial charge on any atom is 0.255 e. The molecular formula is C24H25N3O2. The first kappa shape index (κ1) is 20.1. The molecule has 0 aliphatic carbocycles. The summed E-state index contributed by atoms with van der Waals surface area (Å²) in [4.78, 5) is 24.7. The van der Waals surface area contributed by atoms with E-state index < -0.39 is 0 Å². The molecule has 0 atom stereocenters. The Hall–Kier alpha value is -3.60. The zero-order valence-corrected chi connectivity index (χ0v) is 16.7. The Kier molecular flexibility index (Phi) is 6.63. The lowest BCUT2D eigenvalue weighted by Crippen LogP contribution is -2.22. The smallest absolute Gasteiger partial charge is 0.255 e. The van der Waals surface area contributed by atoms with Gasteiger partial charge in [-0.3, -0.25) is 9.59 Å². The van der Waals surface area contributed by atoms with Crippen LogP contribution in [0.5, 0.6) is 0 Å². The topological polar surface area (TPSA) is 70.2 Å². The van der Waals surface area contributed by atoms with Gasteiger partial charge in [-0.2, -0.15) is 0 Å². The molecule has 3 aromatic rings. The van der Waals surface area contributed by atoms with Crippen LogP contribution in [0.3, 0.4) is 0 Å². The minimum Gasteiger partial charge on any atom is -0.376 e. The molecule has 0 saturated carbocycles. The van der Waals surface area contributed by atoms with Gasteiger partial charge < -0.3 is 16.0 Å². The largest absolute Gasteiger partial charge is 0.376 e. The molecule has 0 aliphatic rings. The van der Waals surface area contributed by atoms with E-state index in [0.717, 1.165) is 23.4 Å². The summed E-state index contributed by atoms with van der Waals surface area (Å²) in [6, 6.07) is 22.5. The van der Waals surface area contributed by atoms with E-state index in [9.17, 15) is 9.59 Å². The van der Waals surface area contributed by atoms with Gasteiger partial charge in [0, 0.05) is 22.6 Å². The number of hydrogen-bond acceptors (Lipinski definition) is 3. The maximum absolute atomic E-state index is 12.4. The molecule has 148 valence electrons. The lowest BCUT2D eigenvalue weighted by Gasteiger charge is -2.14. The van der Waals surface area contributed by atoms with Crippen molar-refractivity contribution in [2.24, 2.45) is 0 Å². The predicted octanol–water partition coefficient (Wildman–Crippen LogP) is 4.86. The third-order valence-corrected chi connectivity index (χ3v) is 4.68. The van der Waals surface area contributed by atoms with Crippen molar-refractivity contribution < 1.29 is 9.59 Å². The van der Waals surface area contributed by atoms with E-state index in [1.165, 1.54) is 5.56 Å². The van der Waals surface area contributed by atoms with Crippen molar-refractivity contribution in [2.75, 3.05) is 22.5 Å². The number of benzene rings is 3. The standard InChI is InChI=1S/C24H25N3O2/c1-3-18-9-7-12-20(15-18)26-23(28)16-25-21-13-8-14-22(17(21)2)27-24(29)19-10-5-4-6-11-19/h4-15,25H,3,16H2,1-2H3,(H,26,28)(H,27,29). The summed E-state index contributed by atoms with van der Waals surface area (Å²) in [5.41, 5.74) is 4.94. The van der Waals surface area contributed by atoms with E-state index in [1.807, 2.05) is 67.6 Å². The van der Waals surface area contributed by atoms with Crippen molar-refractivity contribution in [1.82, 2.24) is 0 Å². The predicted molar refractivity (Wildman–Crippen MR) is 119 cm³/mol. The normalized spacial score (nSPS) is 10.3. The molecule has 0 aliphatic heterocycles. The lowest BCUT2D eigenvalue weighted by molar-refractivity contribution is -0.114. The molecule has 29 heavy (non-hydrogen) atoms. The Morgan fingerprint density at radius 3 is 2.31 bits per heavy atom. The summed E-state index contributed by atoms with van der Waals surface area (Å²) >= 11 is 0. The summed E-state index contributed by atoms with van der Waals surface area (Å²) in [5, 5.41) is 8.98. The van der Waals surface area contributed by atoms with Gasteiger partial charge in [-0.15, -0.1) is 0 Å². The number of nitrogens with one attached hydrogen (secondary N) is 3. The van der Waals surface area contributed by atoms with Gasteiger partial charge in [-0.1, -0.05) is 43.3 Å². The fourth-order valence-corrected chi connectivity index (χ4v) is 3.00. The van der Waals surface area contributed by atoms with Crippen molar-refractivity contribution in [3.05, 3.63) is 89.5 Å². The van der Waals surface area contributed by atoms with Gasteiger partial charge in [0.2, 0.25) is 5.91 Å². The molecule has 0 heterocycles. The summed E-state index contributed by atoms with van der Waals surface area (Å²) in [6.45, 7) is 4.12. The van der Waals surface area contributed by atoms with Crippen LogP contribution in [0, 0.1) is 6.92 Å². The number of aryl methyl sites for hydroxylation is 1. The van der Waals surface area contributed by atoms with Gasteiger partial charge in [0.25, 0.3) is 5.91 Å². The van der Waals surface area contributed by atoms with E-state index in [-0.39, 0.29) is 18.4 Å². The molecule has 0 unspecified atom stereocenters. The molecule has 0 radical (unpaired) electrons. The minimum atomic E-state index is -0.167. The number of hydrogen-bond donors (Lipinski definition) is 3. The zero-order valence-electron chi connectivity index (χ0n) is 16.7. The SMILES string of the molecule is CCc1cccc(NC(=O)CNc2cccc(NC(=O)c3ccccc3)c2C)c1. The fourth-order valence-electron chi connectivity index (χ4n) is 3.00. The molecular weight excluding hydrogens is 362 g/mol. The van der Waals surface area contributed by atoms with Crippen LogP contribution < -0.4 is 16.0 Å². The number of carbonyl (C=O) groups excluding carboxylic acids is 2. The molecule has 2 amide bonds. The Morgan fingerprint density at radius 1 is 0.828 bits per heavy atom. The van der Waals surface area contributed by atoms with Crippen LogP contribution in [0.15, 0.2) is 72.8 Å². The second-order valence-electron chi connectivity index (χ2n) is 6.75. The van der Waals surface area contributed by atoms with Crippen LogP contribution in [-0.4, -0.2) is 18.4 Å². The molecule has 0 aromatic heterocycles. The van der Waals surface area contributed by atoms with Gasteiger partial charge in [-0.05, 0) is 60.9 Å². The first-order valence-electron chi connectivity index (χ1n) is 9.65. The van der Waals surface area contributed by atoms with Crippen LogP contribution in [0.1, 0.15) is 28.4 Å². The van der Waals surface area contributed by atoms with Crippen molar-refractivity contribution in [3.63, 3.8) is 0 Å². The Bertz CT molecular complexity index is 1000. The van der Waals surface area contributed by atoms with E-state index in [2.05, 4.69) is 22.9 Å². The van der Waals surface area contributed by atoms with Crippen LogP contribution in [0.2, 0.25) is 0 Å². The Labute approximate surface area is 171 Å². The van der Waals surface area contributed by atoms with Crippen molar-refractivity contribution >= 4 is 28.9 Å². The number of anilines is 3. The van der Waals surface area contributed by atoms with E-state index in [1.54, 1.807) is 12.1 Å². The van der Waals surface area contributed by atoms with Crippen LogP contribution in [0.4, 0.5) is 17.1 Å². The van der Waals surface area contributed by atoms with Gasteiger partial charge in [0.1, 0.15) is 0 Å². The second kappa shape index (κ2) is 9.55. The molecule has 3 rings (SSSR count). The molecule has 3 aromatic carbocycles. The third-order valence-electron chi connectivity index (χ3n) is 4.68. The van der Waals surface area contributed by atoms with Crippen LogP contribution in [0.25, 0.3) is 0 Å². The molecule has 0 bridgehead atoms. The average molecular weight is 387 g/mol. The number of carbonyl (C=O) groups is 2. The highest BCUT2D eigenvalue weighted by molar-refractivity contribution is 6.05. The Balaban J connectivity index is 1.62. The van der Waals surface area contributed by atoms with Crippen molar-refractivity contribution in [3.8, 4) is 0 Å². The first-order valence-corrected chi connectivity index (χ1v) is 9.65. The Morgan fingerprint density at radius 2 is 1.55 bits per heavy atom. The van der Waals surface area contributed by atoms with Gasteiger partial charge >= 0.3 is 0 Å². The third kappa shape index (κ3) is 5.45. The van der Waals surface area contributed by atoms with E-state index in [4.69, 9.17) is 0 Å². The molecule has 3 N–H and O–H groups in total. The highest BCUT2D eigenvalue weighted by Crippen LogP contribution is 2.24.